The van der Waals surface area contributed by atoms with Gasteiger partial charge in [-0.1, -0.05) is 26.0 Å². The Labute approximate surface area is 178 Å². The molecule has 1 fully saturated rings. The molecule has 1 aliphatic rings. The molecule has 0 saturated carbocycles. The van der Waals surface area contributed by atoms with Gasteiger partial charge in [-0.25, -0.2) is 8.42 Å². The van der Waals surface area contributed by atoms with Crippen LogP contribution in [-0.2, 0) is 21.3 Å². The van der Waals surface area contributed by atoms with Crippen LogP contribution in [0.25, 0.3) is 0 Å². The maximum Gasteiger partial charge on any atom is 0.251 e. The Morgan fingerprint density at radius 1 is 1.07 bits per heavy atom. The number of morpholine rings is 1. The average Bonchev–Trinajstić information content (AvgIpc) is 2.77. The minimum absolute atomic E-state index is 0.179. The number of carbonyl (C=O) groups excluding carboxylic acids is 1. The summed E-state index contributed by atoms with van der Waals surface area (Å²) in [5.74, 6) is 1.00. The highest BCUT2D eigenvalue weighted by Gasteiger charge is 2.26. The van der Waals surface area contributed by atoms with Gasteiger partial charge < -0.3 is 14.8 Å². The summed E-state index contributed by atoms with van der Waals surface area (Å²) in [5, 5.41) is 2.85. The first kappa shape index (κ1) is 22.3. The van der Waals surface area contributed by atoms with Crippen molar-refractivity contribution in [2.24, 2.45) is 5.92 Å². The van der Waals surface area contributed by atoms with Crippen LogP contribution < -0.4 is 10.1 Å². The second-order valence-corrected chi connectivity index (χ2v) is 9.51. The van der Waals surface area contributed by atoms with E-state index in [2.05, 4.69) is 19.2 Å². The third-order valence-electron chi connectivity index (χ3n) is 4.68. The van der Waals surface area contributed by atoms with Crippen LogP contribution in [0, 0.1) is 5.92 Å². The van der Waals surface area contributed by atoms with Crippen molar-refractivity contribution in [3.8, 4) is 5.75 Å². The molecule has 2 aromatic rings. The Morgan fingerprint density at radius 3 is 2.30 bits per heavy atom. The number of benzene rings is 2. The van der Waals surface area contributed by atoms with E-state index in [0.29, 0.717) is 50.9 Å². The number of amides is 1. The van der Waals surface area contributed by atoms with Crippen molar-refractivity contribution >= 4 is 15.9 Å². The smallest absolute Gasteiger partial charge is 0.251 e. The third-order valence-corrected chi connectivity index (χ3v) is 6.60. The van der Waals surface area contributed by atoms with E-state index < -0.39 is 10.0 Å². The Morgan fingerprint density at radius 2 is 1.70 bits per heavy atom. The largest absolute Gasteiger partial charge is 0.493 e. The van der Waals surface area contributed by atoms with Gasteiger partial charge >= 0.3 is 0 Å². The van der Waals surface area contributed by atoms with E-state index in [1.54, 1.807) is 0 Å². The van der Waals surface area contributed by atoms with Crippen molar-refractivity contribution in [2.45, 2.75) is 25.3 Å². The number of rotatable bonds is 8. The normalized spacial score (nSPS) is 15.2. The van der Waals surface area contributed by atoms with Crippen molar-refractivity contribution < 1.29 is 22.7 Å². The van der Waals surface area contributed by atoms with Crippen molar-refractivity contribution in [1.82, 2.24) is 9.62 Å². The Kier molecular flexibility index (Phi) is 7.47. The molecule has 0 aromatic heterocycles. The minimum atomic E-state index is -3.56. The van der Waals surface area contributed by atoms with E-state index in [9.17, 15) is 13.2 Å². The molecule has 1 N–H and O–H groups in total. The molecule has 7 nitrogen and oxygen atoms in total. The molecule has 0 radical (unpaired) electrons. The fourth-order valence-electron chi connectivity index (χ4n) is 2.97. The zero-order valence-electron chi connectivity index (χ0n) is 17.3. The average molecular weight is 433 g/mol. The molecule has 0 aliphatic carbocycles. The van der Waals surface area contributed by atoms with Gasteiger partial charge in [0.05, 0.1) is 24.7 Å². The monoisotopic (exact) mass is 432 g/mol. The van der Waals surface area contributed by atoms with Crippen molar-refractivity contribution in [1.29, 1.82) is 0 Å². The second-order valence-electron chi connectivity index (χ2n) is 7.57. The van der Waals surface area contributed by atoms with Crippen LogP contribution in [0.3, 0.4) is 0 Å². The molecule has 0 atom stereocenters. The summed E-state index contributed by atoms with van der Waals surface area (Å²) in [6.07, 6.45) is 0. The molecule has 30 heavy (non-hydrogen) atoms. The fraction of sp³-hybridized carbons (Fsp3) is 0.409. The van der Waals surface area contributed by atoms with E-state index in [-0.39, 0.29) is 10.8 Å². The molecular formula is C22H28N2O5S. The van der Waals surface area contributed by atoms with Crippen LogP contribution in [0.1, 0.15) is 29.8 Å². The fourth-order valence-corrected chi connectivity index (χ4v) is 4.37. The molecule has 1 heterocycles. The highest BCUT2D eigenvalue weighted by Crippen LogP contribution is 2.18. The third kappa shape index (κ3) is 5.81. The van der Waals surface area contributed by atoms with Gasteiger partial charge in [-0.05, 0) is 47.9 Å². The molecule has 0 bridgehead atoms. The molecule has 8 heteroatoms. The molecular weight excluding hydrogens is 404 g/mol. The standard InChI is InChI=1S/C22H28N2O5S/c1-17(2)16-29-20-7-3-18(4-8-20)15-23-22(25)19-5-9-21(10-6-19)30(26,27)24-11-13-28-14-12-24/h3-10,17H,11-16H2,1-2H3,(H,23,25). The van der Waals surface area contributed by atoms with Gasteiger partial charge in [0.15, 0.2) is 0 Å². The second kappa shape index (κ2) is 10.1. The van der Waals surface area contributed by atoms with Gasteiger partial charge in [0.1, 0.15) is 5.75 Å². The van der Waals surface area contributed by atoms with Crippen LogP contribution in [-0.4, -0.2) is 51.5 Å². The molecule has 1 saturated heterocycles. The molecule has 2 aromatic carbocycles. The number of ether oxygens (including phenoxy) is 2. The Balaban J connectivity index is 1.56. The molecule has 0 unspecified atom stereocenters. The highest BCUT2D eigenvalue weighted by atomic mass is 32.2. The summed E-state index contributed by atoms with van der Waals surface area (Å²) < 4.78 is 37.6. The van der Waals surface area contributed by atoms with E-state index in [1.807, 2.05) is 24.3 Å². The zero-order valence-corrected chi connectivity index (χ0v) is 18.2. The quantitative estimate of drug-likeness (QED) is 0.693. The number of hydrogen-bond donors (Lipinski definition) is 1. The maximum absolute atomic E-state index is 12.6. The lowest BCUT2D eigenvalue weighted by Gasteiger charge is -2.26. The minimum Gasteiger partial charge on any atom is -0.493 e. The predicted molar refractivity (Wildman–Crippen MR) is 114 cm³/mol. The van der Waals surface area contributed by atoms with Gasteiger partial charge in [-0.15, -0.1) is 0 Å². The van der Waals surface area contributed by atoms with Gasteiger partial charge in [0, 0.05) is 25.2 Å². The summed E-state index contributed by atoms with van der Waals surface area (Å²) in [6, 6.07) is 13.6. The van der Waals surface area contributed by atoms with Crippen LogP contribution in [0.15, 0.2) is 53.4 Å². The summed E-state index contributed by atoms with van der Waals surface area (Å²) in [7, 11) is -3.56. The van der Waals surface area contributed by atoms with Crippen LogP contribution in [0.4, 0.5) is 0 Å². The SMILES string of the molecule is CC(C)COc1ccc(CNC(=O)c2ccc(S(=O)(=O)N3CCOCC3)cc2)cc1. The predicted octanol–water partition coefficient (Wildman–Crippen LogP) is 2.67. The van der Waals surface area contributed by atoms with Gasteiger partial charge in [-0.3, -0.25) is 4.79 Å². The van der Waals surface area contributed by atoms with Crippen molar-refractivity contribution in [3.05, 3.63) is 59.7 Å². The highest BCUT2D eigenvalue weighted by molar-refractivity contribution is 7.89. The van der Waals surface area contributed by atoms with E-state index in [1.165, 1.54) is 28.6 Å². The first-order valence-corrected chi connectivity index (χ1v) is 11.5. The molecule has 1 aliphatic heterocycles. The maximum atomic E-state index is 12.6. The van der Waals surface area contributed by atoms with Crippen molar-refractivity contribution in [3.63, 3.8) is 0 Å². The Hall–Kier alpha value is -2.42. The van der Waals surface area contributed by atoms with Crippen molar-refractivity contribution in [2.75, 3.05) is 32.9 Å². The van der Waals surface area contributed by atoms with Gasteiger partial charge in [-0.2, -0.15) is 4.31 Å². The lowest BCUT2D eigenvalue weighted by molar-refractivity contribution is 0.0730. The molecule has 162 valence electrons. The number of carbonyl (C=O) groups is 1. The van der Waals surface area contributed by atoms with Gasteiger partial charge in [0.25, 0.3) is 5.91 Å². The zero-order chi connectivity index (χ0) is 21.6. The summed E-state index contributed by atoms with van der Waals surface area (Å²) in [6.45, 7) is 6.68. The summed E-state index contributed by atoms with van der Waals surface area (Å²) in [5.41, 5.74) is 1.36. The lowest BCUT2D eigenvalue weighted by Crippen LogP contribution is -2.40. The Bertz CT molecular complexity index is 934. The van der Waals surface area contributed by atoms with Crippen LogP contribution in [0.2, 0.25) is 0 Å². The molecule has 1 amide bonds. The van der Waals surface area contributed by atoms with Gasteiger partial charge in [0.2, 0.25) is 10.0 Å². The van der Waals surface area contributed by atoms with Crippen LogP contribution in [0.5, 0.6) is 5.75 Å². The number of nitrogens with zero attached hydrogens (tertiary/aromatic N) is 1. The van der Waals surface area contributed by atoms with E-state index in [0.717, 1.165) is 11.3 Å². The van der Waals surface area contributed by atoms with E-state index >= 15 is 0 Å². The first-order chi connectivity index (χ1) is 14.4. The summed E-state index contributed by atoms with van der Waals surface area (Å²) in [4.78, 5) is 12.6. The van der Waals surface area contributed by atoms with E-state index in [4.69, 9.17) is 9.47 Å². The summed E-state index contributed by atoms with van der Waals surface area (Å²) >= 11 is 0. The number of nitrogens with one attached hydrogen (secondary N) is 1. The lowest BCUT2D eigenvalue weighted by atomic mass is 10.2. The topological polar surface area (TPSA) is 84.9 Å². The number of sulfonamides is 1. The first-order valence-electron chi connectivity index (χ1n) is 10.0. The molecule has 0 spiro atoms. The van der Waals surface area contributed by atoms with Crippen LogP contribution >= 0.6 is 0 Å². The number of hydrogen-bond acceptors (Lipinski definition) is 5. The molecule has 3 rings (SSSR count).